The van der Waals surface area contributed by atoms with Crippen molar-refractivity contribution in [2.45, 2.75) is 82.3 Å². The predicted molar refractivity (Wildman–Crippen MR) is 118 cm³/mol. The Kier molecular flexibility index (Phi) is 7.69. The minimum atomic E-state index is -3.93. The molecule has 3 rings (SSSR count). The van der Waals surface area contributed by atoms with E-state index in [1.807, 2.05) is 30.3 Å². The summed E-state index contributed by atoms with van der Waals surface area (Å²) < 4.78 is 59.6. The van der Waals surface area contributed by atoms with E-state index in [-0.39, 0.29) is 6.61 Å². The number of hydrogen-bond donors (Lipinski definition) is 0. The maximum atomic E-state index is 13.1. The molecular formula is C23H34O8S. The van der Waals surface area contributed by atoms with Crippen LogP contribution in [0.3, 0.4) is 0 Å². The maximum absolute atomic E-state index is 13.1. The Hall–Kier alpha value is -1.49. The molecule has 8 nitrogen and oxygen atoms in total. The minimum absolute atomic E-state index is 0.238. The third kappa shape index (κ3) is 5.52. The fourth-order valence-corrected chi connectivity index (χ4v) is 4.93. The molecule has 1 aromatic carbocycles. The Bertz CT molecular complexity index is 881. The summed E-state index contributed by atoms with van der Waals surface area (Å²) in [6.45, 7) is 8.46. The monoisotopic (exact) mass is 470 g/mol. The summed E-state index contributed by atoms with van der Waals surface area (Å²) in [5.41, 5.74) is 0.912. The van der Waals surface area contributed by atoms with Crippen LogP contribution in [0.5, 0.6) is 0 Å². The number of fused-ring (bicyclic) bond motifs is 1. The van der Waals surface area contributed by atoms with Crippen molar-refractivity contribution in [3.05, 3.63) is 48.2 Å². The van der Waals surface area contributed by atoms with E-state index in [4.69, 9.17) is 27.9 Å². The van der Waals surface area contributed by atoms with Crippen LogP contribution in [-0.2, 0) is 44.4 Å². The van der Waals surface area contributed by atoms with Crippen molar-refractivity contribution in [3.8, 4) is 0 Å². The number of rotatable bonds is 10. The van der Waals surface area contributed by atoms with Crippen molar-refractivity contribution >= 4 is 10.1 Å². The quantitative estimate of drug-likeness (QED) is 0.381. The summed E-state index contributed by atoms with van der Waals surface area (Å²) in [5, 5.41) is 0. The number of hydrogen-bond acceptors (Lipinski definition) is 8. The average Bonchev–Trinajstić information content (AvgIpc) is 3.19. The van der Waals surface area contributed by atoms with Crippen molar-refractivity contribution in [2.24, 2.45) is 0 Å². The first kappa shape index (κ1) is 25.1. The van der Waals surface area contributed by atoms with Crippen LogP contribution < -0.4 is 0 Å². The molecule has 0 amide bonds. The van der Waals surface area contributed by atoms with Crippen LogP contribution in [0, 0.1) is 0 Å². The summed E-state index contributed by atoms with van der Waals surface area (Å²) in [4.78, 5) is 0. The topological polar surface area (TPSA) is 89.5 Å². The smallest absolute Gasteiger partial charge is 0.273 e. The van der Waals surface area contributed by atoms with Crippen molar-refractivity contribution in [3.63, 3.8) is 0 Å². The molecule has 0 aliphatic carbocycles. The normalized spacial score (nSPS) is 28.7. The summed E-state index contributed by atoms with van der Waals surface area (Å²) >= 11 is 0. The fraction of sp³-hybridized carbons (Fsp3) is 0.652. The molecule has 2 aliphatic heterocycles. The molecule has 0 unspecified atom stereocenters. The lowest BCUT2D eigenvalue weighted by Crippen LogP contribution is -2.46. The number of allylic oxidation sites excluding steroid dienone is 1. The second kappa shape index (κ2) is 9.79. The van der Waals surface area contributed by atoms with E-state index in [1.165, 1.54) is 6.26 Å². The van der Waals surface area contributed by atoms with Crippen LogP contribution in [0.1, 0.15) is 40.2 Å². The first-order valence-electron chi connectivity index (χ1n) is 10.7. The van der Waals surface area contributed by atoms with E-state index >= 15 is 0 Å². The third-order valence-corrected chi connectivity index (χ3v) is 7.54. The lowest BCUT2D eigenvalue weighted by Gasteiger charge is -2.31. The van der Waals surface area contributed by atoms with E-state index in [0.29, 0.717) is 6.42 Å². The van der Waals surface area contributed by atoms with Crippen molar-refractivity contribution in [1.29, 1.82) is 0 Å². The summed E-state index contributed by atoms with van der Waals surface area (Å²) in [7, 11) is -2.39. The second-order valence-corrected chi connectivity index (χ2v) is 11.3. The highest BCUT2D eigenvalue weighted by Gasteiger charge is 2.57. The molecule has 5 atom stereocenters. The third-order valence-electron chi connectivity index (χ3n) is 5.59. The number of ether oxygens (including phenoxy) is 5. The molecule has 0 radical (unpaired) electrons. The molecule has 0 bridgehead atoms. The fourth-order valence-electron chi connectivity index (χ4n) is 3.95. The van der Waals surface area contributed by atoms with Gasteiger partial charge in [0.1, 0.15) is 24.9 Å². The van der Waals surface area contributed by atoms with Crippen LogP contribution >= 0.6 is 0 Å². The van der Waals surface area contributed by atoms with Crippen LogP contribution in [0.4, 0.5) is 0 Å². The molecule has 1 aromatic rings. The second-order valence-electron chi connectivity index (χ2n) is 9.07. The van der Waals surface area contributed by atoms with Crippen LogP contribution in [0.25, 0.3) is 0 Å². The Morgan fingerprint density at radius 3 is 2.50 bits per heavy atom. The van der Waals surface area contributed by atoms with Crippen LogP contribution in [-0.4, -0.2) is 63.4 Å². The standard InChI is InChI=1S/C23H34O8S/c1-7-13-27-17(18-19(26-6)20-21(29-18)31-23(4,5)30-20)15-28-32(24,25)22(2,3)14-16-11-9-8-10-12-16/h7-13,17-21H,14-15H2,1-6H3/b13-7-/t17-,18-,19+,20-,21-/m1/s1. The molecule has 32 heavy (non-hydrogen) atoms. The maximum Gasteiger partial charge on any atom is 0.273 e. The highest BCUT2D eigenvalue weighted by Crippen LogP contribution is 2.40. The summed E-state index contributed by atoms with van der Waals surface area (Å²) in [6.07, 6.45) is 0.499. The molecule has 0 aromatic heterocycles. The van der Waals surface area contributed by atoms with E-state index in [2.05, 4.69) is 0 Å². The first-order chi connectivity index (χ1) is 15.0. The lowest BCUT2D eigenvalue weighted by molar-refractivity contribution is -0.229. The van der Waals surface area contributed by atoms with E-state index in [0.717, 1.165) is 5.56 Å². The Labute approximate surface area is 190 Å². The molecule has 2 aliphatic rings. The zero-order valence-electron chi connectivity index (χ0n) is 19.5. The molecule has 0 spiro atoms. The van der Waals surface area contributed by atoms with Gasteiger partial charge in [-0.15, -0.1) is 0 Å². The largest absolute Gasteiger partial charge is 0.493 e. The van der Waals surface area contributed by atoms with Gasteiger partial charge in [-0.3, -0.25) is 4.18 Å². The highest BCUT2D eigenvalue weighted by molar-refractivity contribution is 7.88. The average molecular weight is 471 g/mol. The zero-order chi connectivity index (χ0) is 23.6. The van der Waals surface area contributed by atoms with Gasteiger partial charge in [0.15, 0.2) is 18.2 Å². The van der Waals surface area contributed by atoms with Gasteiger partial charge in [0.2, 0.25) is 0 Å². The molecular weight excluding hydrogens is 436 g/mol. The minimum Gasteiger partial charge on any atom is -0.493 e. The Morgan fingerprint density at radius 1 is 1.19 bits per heavy atom. The van der Waals surface area contributed by atoms with E-state index in [9.17, 15) is 8.42 Å². The van der Waals surface area contributed by atoms with Gasteiger partial charge in [0.25, 0.3) is 10.1 Å². The van der Waals surface area contributed by atoms with Crippen molar-refractivity contribution in [1.82, 2.24) is 0 Å². The molecule has 2 fully saturated rings. The molecule has 2 saturated heterocycles. The van der Waals surface area contributed by atoms with Crippen molar-refractivity contribution in [2.75, 3.05) is 13.7 Å². The van der Waals surface area contributed by atoms with Gasteiger partial charge in [-0.1, -0.05) is 36.4 Å². The first-order valence-corrected chi connectivity index (χ1v) is 12.1. The van der Waals surface area contributed by atoms with Gasteiger partial charge in [-0.05, 0) is 46.6 Å². The van der Waals surface area contributed by atoms with Gasteiger partial charge in [0, 0.05) is 7.11 Å². The Morgan fingerprint density at radius 2 is 1.88 bits per heavy atom. The van der Waals surface area contributed by atoms with Crippen molar-refractivity contribution < 1.29 is 36.3 Å². The van der Waals surface area contributed by atoms with Crippen LogP contribution in [0.2, 0.25) is 0 Å². The van der Waals surface area contributed by atoms with Gasteiger partial charge >= 0.3 is 0 Å². The SMILES string of the molecule is C/C=C\O[C@H](COS(=O)(=O)C(C)(C)Cc1ccccc1)[C@H]1O[C@@H]2OC(C)(C)O[C@@H]2[C@H]1OC. The molecule has 180 valence electrons. The van der Waals surface area contributed by atoms with E-state index in [1.54, 1.807) is 47.8 Å². The highest BCUT2D eigenvalue weighted by atomic mass is 32.2. The lowest BCUT2D eigenvalue weighted by atomic mass is 10.0. The molecule has 0 saturated carbocycles. The van der Waals surface area contributed by atoms with Gasteiger partial charge in [0.05, 0.1) is 11.0 Å². The number of methoxy groups -OCH3 is 1. The van der Waals surface area contributed by atoms with Gasteiger partial charge in [-0.2, -0.15) is 8.42 Å². The Balaban J connectivity index is 1.72. The van der Waals surface area contributed by atoms with Gasteiger partial charge in [-0.25, -0.2) is 0 Å². The van der Waals surface area contributed by atoms with E-state index < -0.39 is 51.4 Å². The van der Waals surface area contributed by atoms with Gasteiger partial charge < -0.3 is 23.7 Å². The summed E-state index contributed by atoms with van der Waals surface area (Å²) in [5.74, 6) is -0.794. The summed E-state index contributed by atoms with van der Waals surface area (Å²) in [6, 6.07) is 9.44. The zero-order valence-corrected chi connectivity index (χ0v) is 20.3. The molecule has 0 N–H and O–H groups in total. The molecule has 2 heterocycles. The molecule has 9 heteroatoms. The van der Waals surface area contributed by atoms with Crippen LogP contribution in [0.15, 0.2) is 42.7 Å². The number of benzene rings is 1. The predicted octanol–water partition coefficient (Wildman–Crippen LogP) is 3.16.